The minimum Gasteiger partial charge on any atom is -0.480 e. The predicted molar refractivity (Wildman–Crippen MR) is 61.5 cm³/mol. The third kappa shape index (κ3) is 3.68. The SMILES string of the molecule is CC(C)OCC(=O)N1CCSCC1C(=O)O. The normalized spacial score (nSPS) is 21.2. The first kappa shape index (κ1) is 13.3. The fraction of sp³-hybridized carbons (Fsp3) is 0.800. The number of thioether (sulfide) groups is 1. The number of nitrogens with zero attached hydrogens (tertiary/aromatic N) is 1. The van der Waals surface area contributed by atoms with Crippen molar-refractivity contribution in [2.75, 3.05) is 24.7 Å². The lowest BCUT2D eigenvalue weighted by Gasteiger charge is -2.32. The maximum atomic E-state index is 11.7. The Kier molecular flexibility index (Phi) is 5.08. The van der Waals surface area contributed by atoms with Gasteiger partial charge in [0.25, 0.3) is 0 Å². The van der Waals surface area contributed by atoms with E-state index in [1.807, 2.05) is 13.8 Å². The number of carbonyl (C=O) groups is 2. The summed E-state index contributed by atoms with van der Waals surface area (Å²) in [6, 6.07) is -0.706. The van der Waals surface area contributed by atoms with Crippen LogP contribution in [0.15, 0.2) is 0 Å². The average molecular weight is 247 g/mol. The summed E-state index contributed by atoms with van der Waals surface area (Å²) in [4.78, 5) is 24.1. The molecule has 1 unspecified atom stereocenters. The van der Waals surface area contributed by atoms with E-state index in [0.29, 0.717) is 12.3 Å². The molecule has 16 heavy (non-hydrogen) atoms. The number of ether oxygens (including phenoxy) is 1. The Morgan fingerprint density at radius 2 is 2.25 bits per heavy atom. The lowest BCUT2D eigenvalue weighted by Crippen LogP contribution is -2.51. The molecule has 1 heterocycles. The molecule has 92 valence electrons. The molecule has 1 fully saturated rings. The maximum absolute atomic E-state index is 11.7. The second-order valence-electron chi connectivity index (χ2n) is 3.88. The molecule has 0 saturated carbocycles. The third-order valence-corrected chi connectivity index (χ3v) is 3.30. The van der Waals surface area contributed by atoms with Crippen molar-refractivity contribution in [1.29, 1.82) is 0 Å². The molecular weight excluding hydrogens is 230 g/mol. The van der Waals surface area contributed by atoms with Crippen LogP contribution in [0.4, 0.5) is 0 Å². The van der Waals surface area contributed by atoms with Crippen molar-refractivity contribution in [3.05, 3.63) is 0 Å². The van der Waals surface area contributed by atoms with E-state index in [4.69, 9.17) is 9.84 Å². The maximum Gasteiger partial charge on any atom is 0.327 e. The Bertz CT molecular complexity index is 270. The highest BCUT2D eigenvalue weighted by atomic mass is 32.2. The smallest absolute Gasteiger partial charge is 0.327 e. The van der Waals surface area contributed by atoms with E-state index in [9.17, 15) is 9.59 Å². The number of rotatable bonds is 4. The summed E-state index contributed by atoms with van der Waals surface area (Å²) < 4.78 is 5.19. The van der Waals surface area contributed by atoms with Gasteiger partial charge in [0.15, 0.2) is 0 Å². The zero-order chi connectivity index (χ0) is 12.1. The average Bonchev–Trinajstić information content (AvgIpc) is 2.25. The molecular formula is C10H17NO4S. The van der Waals surface area contributed by atoms with E-state index in [0.717, 1.165) is 5.75 Å². The van der Waals surface area contributed by atoms with Gasteiger partial charge in [-0.2, -0.15) is 11.8 Å². The Morgan fingerprint density at radius 1 is 1.56 bits per heavy atom. The first-order valence-electron chi connectivity index (χ1n) is 5.24. The van der Waals surface area contributed by atoms with Crippen molar-refractivity contribution in [2.45, 2.75) is 26.0 Å². The van der Waals surface area contributed by atoms with Gasteiger partial charge in [-0.05, 0) is 13.8 Å². The highest BCUT2D eigenvalue weighted by Gasteiger charge is 2.32. The molecule has 1 atom stereocenters. The van der Waals surface area contributed by atoms with Gasteiger partial charge in [0.1, 0.15) is 12.6 Å². The number of carboxylic acid groups (broad SMARTS) is 1. The number of carbonyl (C=O) groups excluding carboxylic acids is 1. The Hall–Kier alpha value is -0.750. The summed E-state index contributed by atoms with van der Waals surface area (Å²) in [5, 5.41) is 8.99. The van der Waals surface area contributed by atoms with Crippen LogP contribution in [-0.4, -0.2) is 58.7 Å². The van der Waals surface area contributed by atoms with E-state index < -0.39 is 12.0 Å². The van der Waals surface area contributed by atoms with Crippen molar-refractivity contribution in [3.63, 3.8) is 0 Å². The Balaban J connectivity index is 2.54. The van der Waals surface area contributed by atoms with Crippen LogP contribution in [0.3, 0.4) is 0 Å². The molecule has 0 aromatic heterocycles. The van der Waals surface area contributed by atoms with Crippen LogP contribution < -0.4 is 0 Å². The van der Waals surface area contributed by atoms with Crippen LogP contribution in [0.2, 0.25) is 0 Å². The molecule has 1 aliphatic heterocycles. The van der Waals surface area contributed by atoms with Crippen LogP contribution in [0.5, 0.6) is 0 Å². The summed E-state index contributed by atoms with van der Waals surface area (Å²) in [5.74, 6) is 0.0754. The predicted octanol–water partition coefficient (Wildman–Crippen LogP) is 0.440. The summed E-state index contributed by atoms with van der Waals surface area (Å²) in [7, 11) is 0. The highest BCUT2D eigenvalue weighted by molar-refractivity contribution is 7.99. The number of amides is 1. The molecule has 0 aromatic carbocycles. The molecule has 1 amide bonds. The van der Waals surface area contributed by atoms with Gasteiger partial charge in [-0.25, -0.2) is 4.79 Å². The Morgan fingerprint density at radius 3 is 2.81 bits per heavy atom. The van der Waals surface area contributed by atoms with Gasteiger partial charge in [-0.15, -0.1) is 0 Å². The van der Waals surface area contributed by atoms with E-state index in [-0.39, 0.29) is 18.6 Å². The van der Waals surface area contributed by atoms with Crippen molar-refractivity contribution < 1.29 is 19.4 Å². The lowest BCUT2D eigenvalue weighted by atomic mass is 10.2. The zero-order valence-corrected chi connectivity index (χ0v) is 10.3. The number of hydrogen-bond donors (Lipinski definition) is 1. The monoisotopic (exact) mass is 247 g/mol. The van der Waals surface area contributed by atoms with E-state index in [1.54, 1.807) is 11.8 Å². The van der Waals surface area contributed by atoms with Crippen molar-refractivity contribution in [2.24, 2.45) is 0 Å². The minimum absolute atomic E-state index is 0.0219. The van der Waals surface area contributed by atoms with Gasteiger partial charge >= 0.3 is 5.97 Å². The standard InChI is InChI=1S/C10H17NO4S/c1-7(2)15-5-9(12)11-3-4-16-6-8(11)10(13)14/h7-8H,3-6H2,1-2H3,(H,13,14). The molecule has 1 aliphatic rings. The van der Waals surface area contributed by atoms with Gasteiger partial charge < -0.3 is 14.7 Å². The number of aliphatic carboxylic acids is 1. The molecule has 0 bridgehead atoms. The second-order valence-corrected chi connectivity index (χ2v) is 5.03. The van der Waals surface area contributed by atoms with Crippen molar-refractivity contribution in [3.8, 4) is 0 Å². The van der Waals surface area contributed by atoms with Gasteiger partial charge in [0.05, 0.1) is 6.10 Å². The summed E-state index contributed by atoms with van der Waals surface area (Å²) >= 11 is 1.56. The van der Waals surface area contributed by atoms with Crippen LogP contribution >= 0.6 is 11.8 Å². The topological polar surface area (TPSA) is 66.8 Å². The molecule has 1 N–H and O–H groups in total. The van der Waals surface area contributed by atoms with Gasteiger partial charge in [-0.3, -0.25) is 4.79 Å². The molecule has 6 heteroatoms. The summed E-state index contributed by atoms with van der Waals surface area (Å²) in [5.41, 5.74) is 0. The molecule has 0 spiro atoms. The lowest BCUT2D eigenvalue weighted by molar-refractivity contribution is -0.151. The van der Waals surface area contributed by atoms with E-state index in [1.165, 1.54) is 4.90 Å². The van der Waals surface area contributed by atoms with Gasteiger partial charge in [-0.1, -0.05) is 0 Å². The molecule has 5 nitrogen and oxygen atoms in total. The van der Waals surface area contributed by atoms with Gasteiger partial charge in [0, 0.05) is 18.1 Å². The fourth-order valence-electron chi connectivity index (χ4n) is 1.43. The molecule has 0 aromatic rings. The first-order chi connectivity index (χ1) is 7.52. The van der Waals surface area contributed by atoms with Crippen LogP contribution in [0, 0.1) is 0 Å². The largest absolute Gasteiger partial charge is 0.480 e. The van der Waals surface area contributed by atoms with Crippen LogP contribution in [0.1, 0.15) is 13.8 Å². The minimum atomic E-state index is -0.940. The second kappa shape index (κ2) is 6.10. The number of carboxylic acids is 1. The fourth-order valence-corrected chi connectivity index (χ4v) is 2.47. The van der Waals surface area contributed by atoms with E-state index in [2.05, 4.69) is 0 Å². The highest BCUT2D eigenvalue weighted by Crippen LogP contribution is 2.16. The van der Waals surface area contributed by atoms with Crippen LogP contribution in [0.25, 0.3) is 0 Å². The van der Waals surface area contributed by atoms with Crippen molar-refractivity contribution >= 4 is 23.6 Å². The molecule has 0 radical (unpaired) electrons. The zero-order valence-electron chi connectivity index (χ0n) is 9.51. The van der Waals surface area contributed by atoms with Gasteiger partial charge in [0.2, 0.25) is 5.91 Å². The third-order valence-electron chi connectivity index (χ3n) is 2.27. The molecule has 1 saturated heterocycles. The van der Waals surface area contributed by atoms with Crippen molar-refractivity contribution in [1.82, 2.24) is 4.90 Å². The summed E-state index contributed by atoms with van der Waals surface area (Å²) in [6.45, 7) is 4.13. The first-order valence-corrected chi connectivity index (χ1v) is 6.39. The Labute approximate surface area is 99.1 Å². The van der Waals surface area contributed by atoms with E-state index >= 15 is 0 Å². The molecule has 1 rings (SSSR count). The quantitative estimate of drug-likeness (QED) is 0.781. The molecule has 0 aliphatic carbocycles. The van der Waals surface area contributed by atoms with Crippen LogP contribution in [-0.2, 0) is 14.3 Å². The number of hydrogen-bond acceptors (Lipinski definition) is 4. The summed E-state index contributed by atoms with van der Waals surface area (Å²) in [6.07, 6.45) is -0.0219.